The van der Waals surface area contributed by atoms with Crippen LogP contribution in [0.15, 0.2) is 42.6 Å². The predicted octanol–water partition coefficient (Wildman–Crippen LogP) is 1.55. The van der Waals surface area contributed by atoms with Crippen LogP contribution < -0.4 is 10.5 Å². The fraction of sp³-hybridized carbons (Fsp3) is 0.133. The van der Waals surface area contributed by atoms with E-state index in [4.69, 9.17) is 10.5 Å². The fourth-order valence-corrected chi connectivity index (χ4v) is 1.70. The van der Waals surface area contributed by atoms with Gasteiger partial charge in [0.2, 0.25) is 0 Å². The van der Waals surface area contributed by atoms with Gasteiger partial charge in [-0.3, -0.25) is 9.78 Å². The number of amides is 1. The molecule has 6 heteroatoms. The molecule has 108 valence electrons. The number of methoxy groups -OCH3 is 1. The van der Waals surface area contributed by atoms with Crippen LogP contribution in [0.25, 0.3) is 0 Å². The van der Waals surface area contributed by atoms with Gasteiger partial charge in [0.25, 0.3) is 5.91 Å². The summed E-state index contributed by atoms with van der Waals surface area (Å²) in [6.07, 6.45) is 1.41. The van der Waals surface area contributed by atoms with Crippen molar-refractivity contribution in [2.75, 3.05) is 7.11 Å². The summed E-state index contributed by atoms with van der Waals surface area (Å²) in [6, 6.07) is 9.94. The van der Waals surface area contributed by atoms with Crippen molar-refractivity contribution < 1.29 is 19.1 Å². The number of ether oxygens (including phenoxy) is 2. The van der Waals surface area contributed by atoms with Crippen LogP contribution in [-0.4, -0.2) is 24.0 Å². The van der Waals surface area contributed by atoms with Gasteiger partial charge in [0.05, 0.1) is 23.9 Å². The maximum Gasteiger partial charge on any atom is 0.339 e. The first-order chi connectivity index (χ1) is 10.1. The first-order valence-electron chi connectivity index (χ1n) is 6.16. The van der Waals surface area contributed by atoms with E-state index >= 15 is 0 Å². The third-order valence-electron chi connectivity index (χ3n) is 2.77. The number of rotatable bonds is 5. The molecule has 0 bridgehead atoms. The van der Waals surface area contributed by atoms with Crippen LogP contribution in [0.1, 0.15) is 26.4 Å². The number of primary amides is 1. The zero-order chi connectivity index (χ0) is 15.2. The highest BCUT2D eigenvalue weighted by atomic mass is 16.5. The van der Waals surface area contributed by atoms with Crippen molar-refractivity contribution in [3.63, 3.8) is 0 Å². The molecule has 0 radical (unpaired) electrons. The lowest BCUT2D eigenvalue weighted by atomic mass is 10.2. The average Bonchev–Trinajstić information content (AvgIpc) is 2.52. The highest BCUT2D eigenvalue weighted by Gasteiger charge is 2.09. The highest BCUT2D eigenvalue weighted by molar-refractivity contribution is 5.95. The Bertz CT molecular complexity index is 653. The van der Waals surface area contributed by atoms with Crippen LogP contribution in [0.5, 0.6) is 5.75 Å². The Morgan fingerprint density at radius 3 is 2.57 bits per heavy atom. The average molecular weight is 286 g/mol. The first kappa shape index (κ1) is 14.5. The van der Waals surface area contributed by atoms with Gasteiger partial charge < -0.3 is 15.2 Å². The van der Waals surface area contributed by atoms with Crippen LogP contribution in [0.4, 0.5) is 0 Å². The van der Waals surface area contributed by atoms with Gasteiger partial charge in [-0.1, -0.05) is 12.1 Å². The van der Waals surface area contributed by atoms with Gasteiger partial charge >= 0.3 is 5.97 Å². The summed E-state index contributed by atoms with van der Waals surface area (Å²) < 4.78 is 10.1. The van der Waals surface area contributed by atoms with E-state index in [1.807, 2.05) is 0 Å². The summed E-state index contributed by atoms with van der Waals surface area (Å²) >= 11 is 0. The molecule has 0 aliphatic carbocycles. The first-order valence-corrected chi connectivity index (χ1v) is 6.16. The summed E-state index contributed by atoms with van der Waals surface area (Å²) in [6.45, 7) is 0.158. The van der Waals surface area contributed by atoms with E-state index in [2.05, 4.69) is 9.72 Å². The summed E-state index contributed by atoms with van der Waals surface area (Å²) in [4.78, 5) is 26.6. The van der Waals surface area contributed by atoms with Gasteiger partial charge in [0, 0.05) is 6.20 Å². The molecule has 1 aromatic heterocycles. The quantitative estimate of drug-likeness (QED) is 0.842. The lowest BCUT2D eigenvalue weighted by molar-refractivity contribution is 0.0600. The molecule has 0 aliphatic heterocycles. The number of hydrogen-bond acceptors (Lipinski definition) is 5. The largest absolute Gasteiger partial charge is 0.486 e. The molecule has 2 aromatic rings. The molecular formula is C15H14N2O4. The topological polar surface area (TPSA) is 91.5 Å². The zero-order valence-electron chi connectivity index (χ0n) is 11.4. The maximum atomic E-state index is 11.3. The van der Waals surface area contributed by atoms with Crippen LogP contribution >= 0.6 is 0 Å². The molecule has 0 saturated carbocycles. The SMILES string of the molecule is COC(=O)c1ccc(COc2ccccc2C(N)=O)nc1. The summed E-state index contributed by atoms with van der Waals surface area (Å²) in [5, 5.41) is 0. The molecule has 1 aromatic carbocycles. The van der Waals surface area contributed by atoms with Gasteiger partial charge in [0.15, 0.2) is 0 Å². The number of aromatic nitrogens is 1. The monoisotopic (exact) mass is 286 g/mol. The van der Waals surface area contributed by atoms with Gasteiger partial charge in [-0.15, -0.1) is 0 Å². The second-order valence-corrected chi connectivity index (χ2v) is 4.18. The van der Waals surface area contributed by atoms with Crippen molar-refractivity contribution in [2.24, 2.45) is 5.73 Å². The Morgan fingerprint density at radius 1 is 1.19 bits per heavy atom. The predicted molar refractivity (Wildman–Crippen MR) is 74.9 cm³/mol. The number of carbonyl (C=O) groups excluding carboxylic acids is 2. The number of para-hydroxylation sites is 1. The Balaban J connectivity index is 2.07. The molecule has 2 N–H and O–H groups in total. The number of nitrogens with two attached hydrogens (primary N) is 1. The Morgan fingerprint density at radius 2 is 1.95 bits per heavy atom. The van der Waals surface area contributed by atoms with E-state index in [1.165, 1.54) is 13.3 Å². The van der Waals surface area contributed by atoms with Crippen LogP contribution in [0.2, 0.25) is 0 Å². The Labute approximate surface area is 121 Å². The molecule has 0 unspecified atom stereocenters. The fourth-order valence-electron chi connectivity index (χ4n) is 1.70. The van der Waals surface area contributed by atoms with Crippen molar-refractivity contribution in [3.8, 4) is 5.75 Å². The van der Waals surface area contributed by atoms with E-state index in [0.29, 0.717) is 22.6 Å². The second kappa shape index (κ2) is 6.51. The zero-order valence-corrected chi connectivity index (χ0v) is 11.4. The third-order valence-corrected chi connectivity index (χ3v) is 2.77. The van der Waals surface area contributed by atoms with E-state index in [1.54, 1.807) is 36.4 Å². The summed E-state index contributed by atoms with van der Waals surface area (Å²) in [5.74, 6) is -0.613. The van der Waals surface area contributed by atoms with Gasteiger partial charge in [-0.25, -0.2) is 4.79 Å². The van der Waals surface area contributed by atoms with E-state index in [9.17, 15) is 9.59 Å². The highest BCUT2D eigenvalue weighted by Crippen LogP contribution is 2.18. The van der Waals surface area contributed by atoms with Gasteiger partial charge in [0.1, 0.15) is 12.4 Å². The van der Waals surface area contributed by atoms with Gasteiger partial charge in [-0.2, -0.15) is 0 Å². The molecule has 0 spiro atoms. The minimum absolute atomic E-state index is 0.158. The van der Waals surface area contributed by atoms with Crippen LogP contribution in [-0.2, 0) is 11.3 Å². The normalized spacial score (nSPS) is 9.95. The van der Waals surface area contributed by atoms with Crippen molar-refractivity contribution in [3.05, 3.63) is 59.4 Å². The third kappa shape index (κ3) is 3.56. The standard InChI is InChI=1S/C15H14N2O4/c1-20-15(19)10-6-7-11(17-8-10)9-21-13-5-3-2-4-12(13)14(16)18/h2-8H,9H2,1H3,(H2,16,18). The van der Waals surface area contributed by atoms with Crippen molar-refractivity contribution in [2.45, 2.75) is 6.61 Å². The Hall–Kier alpha value is -2.89. The summed E-state index contributed by atoms with van der Waals surface area (Å²) in [5.41, 5.74) is 6.55. The number of esters is 1. The van der Waals surface area contributed by atoms with Crippen LogP contribution in [0.3, 0.4) is 0 Å². The van der Waals surface area contributed by atoms with Crippen molar-refractivity contribution in [1.82, 2.24) is 4.98 Å². The smallest absolute Gasteiger partial charge is 0.339 e. The number of hydrogen-bond donors (Lipinski definition) is 1. The van der Waals surface area contributed by atoms with Crippen LogP contribution in [0, 0.1) is 0 Å². The number of nitrogens with zero attached hydrogens (tertiary/aromatic N) is 1. The van der Waals surface area contributed by atoms with Gasteiger partial charge in [-0.05, 0) is 24.3 Å². The van der Waals surface area contributed by atoms with Crippen molar-refractivity contribution >= 4 is 11.9 Å². The number of pyridine rings is 1. The molecule has 0 atom stereocenters. The lowest BCUT2D eigenvalue weighted by Crippen LogP contribution is -2.13. The molecular weight excluding hydrogens is 272 g/mol. The molecule has 21 heavy (non-hydrogen) atoms. The van der Waals surface area contributed by atoms with E-state index in [0.717, 1.165) is 0 Å². The number of benzene rings is 1. The molecule has 6 nitrogen and oxygen atoms in total. The minimum Gasteiger partial charge on any atom is -0.486 e. The second-order valence-electron chi connectivity index (χ2n) is 4.18. The van der Waals surface area contributed by atoms with Crippen molar-refractivity contribution in [1.29, 1.82) is 0 Å². The minimum atomic E-state index is -0.556. The summed E-state index contributed by atoms with van der Waals surface area (Å²) in [7, 11) is 1.31. The number of carbonyl (C=O) groups is 2. The maximum absolute atomic E-state index is 11.3. The Kier molecular flexibility index (Phi) is 4.50. The molecule has 0 aliphatic rings. The molecule has 0 saturated heterocycles. The van der Waals surface area contributed by atoms with E-state index < -0.39 is 11.9 Å². The lowest BCUT2D eigenvalue weighted by Gasteiger charge is -2.09. The molecule has 0 fully saturated rings. The van der Waals surface area contributed by atoms with E-state index in [-0.39, 0.29) is 6.61 Å². The molecule has 2 rings (SSSR count). The molecule has 1 amide bonds. The molecule has 1 heterocycles.